The lowest BCUT2D eigenvalue weighted by Crippen LogP contribution is -2.27. The zero-order valence-electron chi connectivity index (χ0n) is 17.3. The van der Waals surface area contributed by atoms with Crippen molar-refractivity contribution in [2.45, 2.75) is 32.3 Å². The summed E-state index contributed by atoms with van der Waals surface area (Å²) in [4.78, 5) is 33.8. The van der Waals surface area contributed by atoms with Crippen molar-refractivity contribution in [2.24, 2.45) is 0 Å². The van der Waals surface area contributed by atoms with Gasteiger partial charge in [0, 0.05) is 17.4 Å². The second-order valence-corrected chi connectivity index (χ2v) is 8.30. The van der Waals surface area contributed by atoms with Crippen molar-refractivity contribution in [3.8, 4) is 5.69 Å². The summed E-state index contributed by atoms with van der Waals surface area (Å²) in [6.45, 7) is 6.61. The fraction of sp³-hybridized carbons (Fsp3) is 0.261. The van der Waals surface area contributed by atoms with Crippen LogP contribution in [-0.4, -0.2) is 32.7 Å². The van der Waals surface area contributed by atoms with Crippen LogP contribution in [0.15, 0.2) is 52.4 Å². The van der Waals surface area contributed by atoms with Crippen LogP contribution in [0.25, 0.3) is 27.6 Å². The van der Waals surface area contributed by atoms with Crippen molar-refractivity contribution in [1.82, 2.24) is 19.9 Å². The van der Waals surface area contributed by atoms with Crippen LogP contribution in [0.2, 0.25) is 0 Å². The van der Waals surface area contributed by atoms with E-state index in [1.165, 1.54) is 11.8 Å². The number of fused-ring (bicyclic) bond motifs is 3. The number of hydrogen-bond acceptors (Lipinski definition) is 4. The van der Waals surface area contributed by atoms with Gasteiger partial charge in [0.15, 0.2) is 5.16 Å². The SMILES string of the molecule is CCCNC(=O)CSc1nc2c([nH]c3ccccc32)c(=O)n1-c1cc(C)ccc1C. The van der Waals surface area contributed by atoms with Gasteiger partial charge in [0.05, 0.1) is 11.4 Å². The molecule has 0 unspecified atom stereocenters. The van der Waals surface area contributed by atoms with Crippen LogP contribution in [0.5, 0.6) is 0 Å². The third-order valence-electron chi connectivity index (χ3n) is 5.00. The van der Waals surface area contributed by atoms with Crippen molar-refractivity contribution in [3.05, 3.63) is 63.9 Å². The molecule has 1 amide bonds. The van der Waals surface area contributed by atoms with Crippen LogP contribution in [0.1, 0.15) is 24.5 Å². The molecule has 4 rings (SSSR count). The zero-order valence-corrected chi connectivity index (χ0v) is 18.1. The summed E-state index contributed by atoms with van der Waals surface area (Å²) < 4.78 is 1.62. The molecule has 0 atom stereocenters. The highest BCUT2D eigenvalue weighted by molar-refractivity contribution is 7.99. The molecule has 2 heterocycles. The van der Waals surface area contributed by atoms with Gasteiger partial charge in [-0.1, -0.05) is 49.0 Å². The molecule has 0 aliphatic carbocycles. The number of thioether (sulfide) groups is 1. The van der Waals surface area contributed by atoms with Gasteiger partial charge < -0.3 is 10.3 Å². The quantitative estimate of drug-likeness (QED) is 0.364. The normalized spacial score (nSPS) is 11.3. The van der Waals surface area contributed by atoms with Gasteiger partial charge >= 0.3 is 0 Å². The van der Waals surface area contributed by atoms with Crippen LogP contribution < -0.4 is 10.9 Å². The van der Waals surface area contributed by atoms with E-state index in [0.29, 0.717) is 22.7 Å². The molecule has 0 bridgehead atoms. The molecule has 0 aliphatic heterocycles. The van der Waals surface area contributed by atoms with Gasteiger partial charge in [-0.15, -0.1) is 0 Å². The molecule has 0 spiro atoms. The van der Waals surface area contributed by atoms with E-state index >= 15 is 0 Å². The summed E-state index contributed by atoms with van der Waals surface area (Å²) in [5.74, 6) is 0.133. The predicted molar refractivity (Wildman–Crippen MR) is 123 cm³/mol. The number of aryl methyl sites for hydroxylation is 2. The summed E-state index contributed by atoms with van der Waals surface area (Å²) in [7, 11) is 0. The molecule has 0 saturated heterocycles. The van der Waals surface area contributed by atoms with Crippen LogP contribution in [0.4, 0.5) is 0 Å². The topological polar surface area (TPSA) is 79.8 Å². The van der Waals surface area contributed by atoms with Gasteiger partial charge in [-0.3, -0.25) is 14.2 Å². The number of hydrogen-bond donors (Lipinski definition) is 2. The van der Waals surface area contributed by atoms with E-state index in [1.54, 1.807) is 4.57 Å². The number of carbonyl (C=O) groups is 1. The average molecular weight is 421 g/mol. The lowest BCUT2D eigenvalue weighted by atomic mass is 10.1. The Bertz CT molecular complexity index is 1310. The van der Waals surface area contributed by atoms with Gasteiger partial charge in [-0.25, -0.2) is 4.98 Å². The first kappa shape index (κ1) is 20.2. The van der Waals surface area contributed by atoms with E-state index in [2.05, 4.69) is 10.3 Å². The highest BCUT2D eigenvalue weighted by Gasteiger charge is 2.19. The zero-order chi connectivity index (χ0) is 21.3. The monoisotopic (exact) mass is 420 g/mol. The number of aromatic nitrogens is 3. The van der Waals surface area contributed by atoms with Crippen LogP contribution >= 0.6 is 11.8 Å². The number of aromatic amines is 1. The Kier molecular flexibility index (Phi) is 5.63. The van der Waals surface area contributed by atoms with Gasteiger partial charge in [0.25, 0.3) is 5.56 Å². The molecule has 154 valence electrons. The van der Waals surface area contributed by atoms with E-state index < -0.39 is 0 Å². The first-order valence-electron chi connectivity index (χ1n) is 10.00. The molecule has 0 aliphatic rings. The Balaban J connectivity index is 1.91. The van der Waals surface area contributed by atoms with E-state index in [0.717, 1.165) is 34.1 Å². The number of rotatable bonds is 6. The second-order valence-electron chi connectivity index (χ2n) is 7.36. The Morgan fingerprint density at radius 2 is 2.00 bits per heavy atom. The van der Waals surface area contributed by atoms with E-state index in [1.807, 2.05) is 63.2 Å². The number of H-pyrrole nitrogens is 1. The molecule has 30 heavy (non-hydrogen) atoms. The highest BCUT2D eigenvalue weighted by atomic mass is 32.2. The summed E-state index contributed by atoms with van der Waals surface area (Å²) in [5, 5.41) is 4.29. The van der Waals surface area contributed by atoms with E-state index in [-0.39, 0.29) is 17.2 Å². The second kappa shape index (κ2) is 8.36. The van der Waals surface area contributed by atoms with Crippen molar-refractivity contribution in [2.75, 3.05) is 12.3 Å². The van der Waals surface area contributed by atoms with Crippen molar-refractivity contribution >= 4 is 39.6 Å². The lowest BCUT2D eigenvalue weighted by molar-refractivity contribution is -0.118. The molecule has 7 heteroatoms. The standard InChI is InChI=1S/C23H24N4O2S/c1-4-11-24-19(28)13-30-23-26-20-16-7-5-6-8-17(16)25-21(20)22(29)27(23)18-12-14(2)9-10-15(18)3/h5-10,12,25H,4,11,13H2,1-3H3,(H,24,28). The third-order valence-corrected chi connectivity index (χ3v) is 5.94. The molecular weight excluding hydrogens is 396 g/mol. The van der Waals surface area contributed by atoms with Gasteiger partial charge in [0.1, 0.15) is 11.0 Å². The first-order chi connectivity index (χ1) is 14.5. The maximum atomic E-state index is 13.6. The van der Waals surface area contributed by atoms with Crippen molar-refractivity contribution in [1.29, 1.82) is 0 Å². The maximum absolute atomic E-state index is 13.6. The minimum absolute atomic E-state index is 0.0670. The smallest absolute Gasteiger partial charge is 0.283 e. The van der Waals surface area contributed by atoms with Crippen LogP contribution in [0.3, 0.4) is 0 Å². The number of benzene rings is 2. The largest absolute Gasteiger partial charge is 0.355 e. The molecular formula is C23H24N4O2S. The molecule has 0 saturated carbocycles. The van der Waals surface area contributed by atoms with E-state index in [4.69, 9.17) is 4.98 Å². The Hall–Kier alpha value is -3.06. The third kappa shape index (κ3) is 3.73. The molecule has 0 fully saturated rings. The Labute approximate surface area is 178 Å². The summed E-state index contributed by atoms with van der Waals surface area (Å²) in [6, 6.07) is 13.7. The molecule has 0 radical (unpaired) electrons. The van der Waals surface area contributed by atoms with Crippen molar-refractivity contribution in [3.63, 3.8) is 0 Å². The number of para-hydroxylation sites is 1. The number of nitrogens with one attached hydrogen (secondary N) is 2. The Morgan fingerprint density at radius 1 is 1.20 bits per heavy atom. The van der Waals surface area contributed by atoms with Gasteiger partial charge in [-0.2, -0.15) is 0 Å². The predicted octanol–water partition coefficient (Wildman–Crippen LogP) is 4.10. The summed E-state index contributed by atoms with van der Waals surface area (Å²) >= 11 is 1.28. The summed E-state index contributed by atoms with van der Waals surface area (Å²) in [6.07, 6.45) is 0.878. The number of nitrogens with zero attached hydrogens (tertiary/aromatic N) is 2. The average Bonchev–Trinajstić information content (AvgIpc) is 3.12. The van der Waals surface area contributed by atoms with Gasteiger partial charge in [-0.05, 0) is 43.5 Å². The fourth-order valence-corrected chi connectivity index (χ4v) is 4.29. The lowest BCUT2D eigenvalue weighted by Gasteiger charge is -2.15. The molecule has 6 nitrogen and oxygen atoms in total. The number of carbonyl (C=O) groups excluding carboxylic acids is 1. The highest BCUT2D eigenvalue weighted by Crippen LogP contribution is 2.27. The van der Waals surface area contributed by atoms with Crippen LogP contribution in [-0.2, 0) is 4.79 Å². The minimum atomic E-state index is -0.165. The molecule has 2 aromatic carbocycles. The molecule has 4 aromatic rings. The Morgan fingerprint density at radius 3 is 2.80 bits per heavy atom. The minimum Gasteiger partial charge on any atom is -0.355 e. The first-order valence-corrected chi connectivity index (χ1v) is 11.0. The van der Waals surface area contributed by atoms with Crippen molar-refractivity contribution < 1.29 is 4.79 Å². The van der Waals surface area contributed by atoms with Crippen LogP contribution in [0, 0.1) is 13.8 Å². The summed E-state index contributed by atoms with van der Waals surface area (Å²) in [5.41, 5.74) is 4.61. The fourth-order valence-electron chi connectivity index (χ4n) is 3.46. The van der Waals surface area contributed by atoms with E-state index in [9.17, 15) is 9.59 Å². The van der Waals surface area contributed by atoms with Gasteiger partial charge in [0.2, 0.25) is 5.91 Å². The number of amides is 1. The molecule has 2 N–H and O–H groups in total. The maximum Gasteiger partial charge on any atom is 0.283 e. The molecule has 2 aromatic heterocycles.